The summed E-state index contributed by atoms with van der Waals surface area (Å²) in [7, 11) is -0.429. The van der Waals surface area contributed by atoms with Crippen LogP contribution in [0.1, 0.15) is 0 Å². The molecule has 22 heavy (non-hydrogen) atoms. The number of urea groups is 1. The molecule has 1 aliphatic heterocycles. The predicted octanol–water partition coefficient (Wildman–Crippen LogP) is 1.30. The molecule has 1 fully saturated rings. The molecule has 7 nitrogen and oxygen atoms in total. The van der Waals surface area contributed by atoms with Crippen molar-refractivity contribution in [3.8, 4) is 0 Å². The van der Waals surface area contributed by atoms with Gasteiger partial charge in [0.15, 0.2) is 0 Å². The van der Waals surface area contributed by atoms with Gasteiger partial charge in [0.25, 0.3) is 10.2 Å². The third-order valence-corrected chi connectivity index (χ3v) is 5.60. The molecule has 1 heterocycles. The largest absolute Gasteiger partial charge is 0.322 e. The summed E-state index contributed by atoms with van der Waals surface area (Å²) in [6, 6.07) is 6.57. The van der Waals surface area contributed by atoms with E-state index in [2.05, 4.69) is 5.32 Å². The standard InChI is InChI=1S/C13H19ClN4O3S/c1-16(2)22(20,21)18-9-7-17(8-10-18)13(19)15-12-5-3-11(14)4-6-12/h3-6H,7-10H2,1-2H3,(H,15,19). The number of piperazine rings is 1. The van der Waals surface area contributed by atoms with E-state index < -0.39 is 10.2 Å². The molecule has 0 spiro atoms. The lowest BCUT2D eigenvalue weighted by molar-refractivity contribution is 0.182. The second-order valence-corrected chi connectivity index (χ2v) is 7.69. The third-order valence-electron chi connectivity index (χ3n) is 3.41. The summed E-state index contributed by atoms with van der Waals surface area (Å²) in [5, 5.41) is 3.36. The summed E-state index contributed by atoms with van der Waals surface area (Å²) in [5.41, 5.74) is 0.651. The molecule has 1 saturated heterocycles. The molecule has 0 saturated carbocycles. The van der Waals surface area contributed by atoms with Gasteiger partial charge < -0.3 is 10.2 Å². The molecule has 1 aliphatic rings. The Labute approximate surface area is 135 Å². The minimum Gasteiger partial charge on any atom is -0.322 e. The Hall–Kier alpha value is -1.35. The number of halogens is 1. The number of nitrogens with zero attached hydrogens (tertiary/aromatic N) is 3. The van der Waals surface area contributed by atoms with Crippen molar-refractivity contribution in [2.45, 2.75) is 0 Å². The van der Waals surface area contributed by atoms with Crippen LogP contribution in [0.15, 0.2) is 24.3 Å². The van der Waals surface area contributed by atoms with E-state index >= 15 is 0 Å². The summed E-state index contributed by atoms with van der Waals surface area (Å²) in [6.07, 6.45) is 0. The highest BCUT2D eigenvalue weighted by molar-refractivity contribution is 7.86. The number of carbonyl (C=O) groups excluding carboxylic acids is 1. The van der Waals surface area contributed by atoms with Gasteiger partial charge in [-0.3, -0.25) is 0 Å². The van der Waals surface area contributed by atoms with Crippen molar-refractivity contribution < 1.29 is 13.2 Å². The molecule has 1 N–H and O–H groups in total. The van der Waals surface area contributed by atoms with Crippen molar-refractivity contribution in [3.63, 3.8) is 0 Å². The normalized spacial score (nSPS) is 16.8. The summed E-state index contributed by atoms with van der Waals surface area (Å²) >= 11 is 5.79. The lowest BCUT2D eigenvalue weighted by atomic mass is 10.3. The molecular formula is C13H19ClN4O3S. The lowest BCUT2D eigenvalue weighted by Crippen LogP contribution is -2.53. The van der Waals surface area contributed by atoms with Crippen LogP contribution >= 0.6 is 11.6 Å². The van der Waals surface area contributed by atoms with Crippen LogP contribution in [-0.4, -0.2) is 68.2 Å². The van der Waals surface area contributed by atoms with E-state index in [1.54, 1.807) is 29.2 Å². The molecule has 2 amide bonds. The van der Waals surface area contributed by atoms with E-state index in [9.17, 15) is 13.2 Å². The van der Waals surface area contributed by atoms with Gasteiger partial charge in [-0.1, -0.05) is 11.6 Å². The van der Waals surface area contributed by atoms with Gasteiger partial charge in [0.2, 0.25) is 0 Å². The van der Waals surface area contributed by atoms with Crippen molar-refractivity contribution in [1.29, 1.82) is 0 Å². The predicted molar refractivity (Wildman–Crippen MR) is 86.2 cm³/mol. The summed E-state index contributed by atoms with van der Waals surface area (Å²) < 4.78 is 26.6. The number of hydrogen-bond acceptors (Lipinski definition) is 3. The highest BCUT2D eigenvalue weighted by Crippen LogP contribution is 2.15. The second-order valence-electron chi connectivity index (χ2n) is 5.11. The fraction of sp³-hybridized carbons (Fsp3) is 0.462. The van der Waals surface area contributed by atoms with Gasteiger partial charge in [-0.2, -0.15) is 17.0 Å². The first kappa shape index (κ1) is 17.0. The van der Waals surface area contributed by atoms with Gasteiger partial charge in [0.1, 0.15) is 0 Å². The number of carbonyl (C=O) groups is 1. The maximum atomic E-state index is 12.1. The highest BCUT2D eigenvalue weighted by atomic mass is 35.5. The Morgan fingerprint density at radius 2 is 1.68 bits per heavy atom. The number of rotatable bonds is 3. The van der Waals surface area contributed by atoms with E-state index in [1.165, 1.54) is 22.7 Å². The van der Waals surface area contributed by atoms with Gasteiger partial charge in [0, 0.05) is 51.0 Å². The van der Waals surface area contributed by atoms with Gasteiger partial charge >= 0.3 is 6.03 Å². The fourth-order valence-electron chi connectivity index (χ4n) is 2.09. The zero-order chi connectivity index (χ0) is 16.3. The molecule has 0 unspecified atom stereocenters. The van der Waals surface area contributed by atoms with Crippen molar-refractivity contribution in [3.05, 3.63) is 29.3 Å². The molecular weight excluding hydrogens is 328 g/mol. The molecule has 0 atom stereocenters. The van der Waals surface area contributed by atoms with Gasteiger partial charge in [-0.05, 0) is 24.3 Å². The molecule has 2 rings (SSSR count). The van der Waals surface area contributed by atoms with E-state index in [4.69, 9.17) is 11.6 Å². The van der Waals surface area contributed by atoms with Crippen LogP contribution in [-0.2, 0) is 10.2 Å². The van der Waals surface area contributed by atoms with E-state index in [1.807, 2.05) is 0 Å². The first-order valence-electron chi connectivity index (χ1n) is 6.80. The third kappa shape index (κ3) is 3.89. The number of benzene rings is 1. The van der Waals surface area contributed by atoms with Crippen molar-refractivity contribution in [1.82, 2.24) is 13.5 Å². The zero-order valence-electron chi connectivity index (χ0n) is 12.5. The molecule has 1 aromatic rings. The Kier molecular flexibility index (Phi) is 5.28. The number of hydrogen-bond donors (Lipinski definition) is 1. The van der Waals surface area contributed by atoms with Crippen LogP contribution in [0.4, 0.5) is 10.5 Å². The Morgan fingerprint density at radius 1 is 1.14 bits per heavy atom. The topological polar surface area (TPSA) is 73.0 Å². The molecule has 0 radical (unpaired) electrons. The van der Waals surface area contributed by atoms with Gasteiger partial charge in [-0.15, -0.1) is 0 Å². The van der Waals surface area contributed by atoms with E-state index in [-0.39, 0.29) is 19.1 Å². The second kappa shape index (κ2) is 6.82. The van der Waals surface area contributed by atoms with Crippen molar-refractivity contribution in [2.75, 3.05) is 45.6 Å². The molecule has 9 heteroatoms. The first-order chi connectivity index (χ1) is 10.3. The average Bonchev–Trinajstić information content (AvgIpc) is 2.49. The SMILES string of the molecule is CN(C)S(=O)(=O)N1CCN(C(=O)Nc2ccc(Cl)cc2)CC1. The monoisotopic (exact) mass is 346 g/mol. The summed E-state index contributed by atoms with van der Waals surface area (Å²) in [5.74, 6) is 0. The fourth-order valence-corrected chi connectivity index (χ4v) is 3.30. The Morgan fingerprint density at radius 3 is 2.18 bits per heavy atom. The van der Waals surface area contributed by atoms with Crippen molar-refractivity contribution >= 4 is 33.5 Å². The van der Waals surface area contributed by atoms with Crippen LogP contribution in [0.3, 0.4) is 0 Å². The maximum Gasteiger partial charge on any atom is 0.321 e. The van der Waals surface area contributed by atoms with E-state index in [0.717, 1.165) is 0 Å². The highest BCUT2D eigenvalue weighted by Gasteiger charge is 2.30. The van der Waals surface area contributed by atoms with E-state index in [0.29, 0.717) is 23.8 Å². The summed E-state index contributed by atoms with van der Waals surface area (Å²) in [6.45, 7) is 1.28. The molecule has 1 aromatic carbocycles. The van der Waals surface area contributed by atoms with Crippen LogP contribution in [0.25, 0.3) is 0 Å². The van der Waals surface area contributed by atoms with Crippen LogP contribution in [0, 0.1) is 0 Å². The number of amides is 2. The number of anilines is 1. The Bertz CT molecular complexity index is 625. The first-order valence-corrected chi connectivity index (χ1v) is 8.57. The minimum atomic E-state index is -3.42. The summed E-state index contributed by atoms with van der Waals surface area (Å²) in [4.78, 5) is 13.7. The number of nitrogens with one attached hydrogen (secondary N) is 1. The van der Waals surface area contributed by atoms with Gasteiger partial charge in [-0.25, -0.2) is 4.79 Å². The van der Waals surface area contributed by atoms with Crippen LogP contribution < -0.4 is 5.32 Å². The quantitative estimate of drug-likeness (QED) is 0.896. The lowest BCUT2D eigenvalue weighted by Gasteiger charge is -2.35. The van der Waals surface area contributed by atoms with Crippen LogP contribution in [0.5, 0.6) is 0 Å². The van der Waals surface area contributed by atoms with Gasteiger partial charge in [0.05, 0.1) is 0 Å². The van der Waals surface area contributed by atoms with Crippen LogP contribution in [0.2, 0.25) is 5.02 Å². The molecule has 0 aliphatic carbocycles. The Balaban J connectivity index is 1.91. The minimum absolute atomic E-state index is 0.246. The molecule has 0 aromatic heterocycles. The zero-order valence-corrected chi connectivity index (χ0v) is 14.1. The molecule has 0 bridgehead atoms. The maximum absolute atomic E-state index is 12.1. The molecule has 122 valence electrons. The smallest absolute Gasteiger partial charge is 0.321 e. The van der Waals surface area contributed by atoms with Crippen molar-refractivity contribution in [2.24, 2.45) is 0 Å². The average molecular weight is 347 g/mol.